The van der Waals surface area contributed by atoms with E-state index in [0.717, 1.165) is 0 Å². The van der Waals surface area contributed by atoms with Crippen LogP contribution < -0.4 is 11.3 Å². The van der Waals surface area contributed by atoms with Gasteiger partial charge in [0.05, 0.1) is 10.6 Å². The molecule has 1 atom stereocenters. The molecule has 7 heteroatoms. The maximum absolute atomic E-state index is 12.1. The van der Waals surface area contributed by atoms with Crippen molar-refractivity contribution in [2.24, 2.45) is 5.84 Å². The third-order valence-corrected chi connectivity index (χ3v) is 4.79. The molecule has 1 aromatic rings. The third-order valence-electron chi connectivity index (χ3n) is 2.83. The lowest BCUT2D eigenvalue weighted by Gasteiger charge is -2.11. The molecule has 6 nitrogen and oxygen atoms in total. The van der Waals surface area contributed by atoms with Gasteiger partial charge in [-0.15, -0.1) is 0 Å². The maximum atomic E-state index is 12.1. The van der Waals surface area contributed by atoms with Gasteiger partial charge in [0.15, 0.2) is 9.84 Å². The van der Waals surface area contributed by atoms with Gasteiger partial charge in [-0.3, -0.25) is 10.6 Å². The van der Waals surface area contributed by atoms with E-state index in [9.17, 15) is 13.2 Å². The highest BCUT2D eigenvalue weighted by atomic mass is 32.2. The highest BCUT2D eigenvalue weighted by Crippen LogP contribution is 2.17. The highest BCUT2D eigenvalue weighted by Gasteiger charge is 2.19. The second kappa shape index (κ2) is 6.65. The molecule has 0 aliphatic heterocycles. The number of aryl methyl sites for hydroxylation is 1. The van der Waals surface area contributed by atoms with Crippen molar-refractivity contribution in [3.8, 4) is 0 Å². The number of hydrogen-bond donors (Lipinski definition) is 3. The maximum Gasteiger partial charge on any atom is 0.322 e. The van der Waals surface area contributed by atoms with Crippen LogP contribution in [0.3, 0.4) is 0 Å². The fourth-order valence-corrected chi connectivity index (χ4v) is 3.38. The lowest BCUT2D eigenvalue weighted by molar-refractivity contribution is -0.139. The van der Waals surface area contributed by atoms with Crippen molar-refractivity contribution >= 4 is 15.8 Å². The molecule has 1 aromatic carbocycles. The second-order valence-electron chi connectivity index (χ2n) is 4.28. The number of carbonyl (C=O) groups is 1. The Morgan fingerprint density at radius 3 is 2.58 bits per heavy atom. The van der Waals surface area contributed by atoms with E-state index in [4.69, 9.17) is 10.9 Å². The molecule has 0 radical (unpaired) electrons. The number of aliphatic carboxylic acids is 1. The molecule has 1 rings (SSSR count). The molecular weight excluding hydrogens is 268 g/mol. The Morgan fingerprint density at radius 2 is 2.05 bits per heavy atom. The molecule has 0 amide bonds. The number of hydrogen-bond acceptors (Lipinski definition) is 5. The van der Waals surface area contributed by atoms with Gasteiger partial charge in [0, 0.05) is 0 Å². The van der Waals surface area contributed by atoms with Crippen LogP contribution in [0, 0.1) is 6.92 Å². The summed E-state index contributed by atoms with van der Waals surface area (Å²) < 4.78 is 24.2. The lowest BCUT2D eigenvalue weighted by atomic mass is 10.2. The Hall–Kier alpha value is -1.44. The fourth-order valence-electron chi connectivity index (χ4n) is 1.77. The molecule has 0 aliphatic carbocycles. The van der Waals surface area contributed by atoms with Crippen LogP contribution in [0.2, 0.25) is 0 Å². The fraction of sp³-hybridized carbons (Fsp3) is 0.417. The summed E-state index contributed by atoms with van der Waals surface area (Å²) in [5.41, 5.74) is 2.83. The predicted octanol–water partition coefficient (Wildman–Crippen LogP) is 0.465. The second-order valence-corrected chi connectivity index (χ2v) is 6.36. The Kier molecular flexibility index (Phi) is 5.46. The van der Waals surface area contributed by atoms with Gasteiger partial charge in [-0.05, 0) is 31.4 Å². The normalized spacial score (nSPS) is 13.2. The smallest absolute Gasteiger partial charge is 0.322 e. The molecule has 106 valence electrons. The molecule has 0 saturated heterocycles. The van der Waals surface area contributed by atoms with Crippen molar-refractivity contribution in [1.29, 1.82) is 0 Å². The van der Waals surface area contributed by atoms with Crippen molar-refractivity contribution in [3.05, 3.63) is 29.8 Å². The molecule has 0 spiro atoms. The number of rotatable bonds is 7. The van der Waals surface area contributed by atoms with Crippen LogP contribution in [0.5, 0.6) is 0 Å². The van der Waals surface area contributed by atoms with Crippen LogP contribution >= 0.6 is 0 Å². The van der Waals surface area contributed by atoms with Gasteiger partial charge in [0.2, 0.25) is 0 Å². The van der Waals surface area contributed by atoms with Crippen LogP contribution in [0.15, 0.2) is 29.2 Å². The minimum atomic E-state index is -3.38. The van der Waals surface area contributed by atoms with Crippen LogP contribution in [-0.4, -0.2) is 31.3 Å². The van der Waals surface area contributed by atoms with E-state index >= 15 is 0 Å². The standard InChI is InChI=1S/C12H18N2O4S/c1-9-5-2-3-7-11(9)19(17,18)8-4-6-10(14-13)12(15)16/h2-3,5,7,10,14H,4,6,8,13H2,1H3,(H,15,16). The molecule has 1 unspecified atom stereocenters. The summed E-state index contributed by atoms with van der Waals surface area (Å²) in [5.74, 6) is 3.90. The van der Waals surface area contributed by atoms with Crippen molar-refractivity contribution in [2.45, 2.75) is 30.7 Å². The number of nitrogens with one attached hydrogen (secondary N) is 1. The zero-order valence-electron chi connectivity index (χ0n) is 10.7. The minimum Gasteiger partial charge on any atom is -0.480 e. The van der Waals surface area contributed by atoms with Crippen LogP contribution in [0.25, 0.3) is 0 Å². The number of benzene rings is 1. The average Bonchev–Trinajstić information content (AvgIpc) is 2.34. The summed E-state index contributed by atoms with van der Waals surface area (Å²) in [6.45, 7) is 1.73. The number of sulfone groups is 1. The van der Waals surface area contributed by atoms with Gasteiger partial charge >= 0.3 is 5.97 Å². The molecule has 0 aromatic heterocycles. The topological polar surface area (TPSA) is 109 Å². The number of hydrazine groups is 1. The molecule has 0 fully saturated rings. The van der Waals surface area contributed by atoms with E-state index in [1.807, 2.05) is 0 Å². The average molecular weight is 286 g/mol. The molecule has 19 heavy (non-hydrogen) atoms. The molecule has 0 bridgehead atoms. The van der Waals surface area contributed by atoms with Gasteiger partial charge in [0.1, 0.15) is 6.04 Å². The van der Waals surface area contributed by atoms with Gasteiger partial charge in [-0.1, -0.05) is 18.2 Å². The summed E-state index contributed by atoms with van der Waals surface area (Å²) in [7, 11) is -3.38. The van der Waals surface area contributed by atoms with Crippen molar-refractivity contribution in [3.63, 3.8) is 0 Å². The van der Waals surface area contributed by atoms with Crippen molar-refractivity contribution in [2.75, 3.05) is 5.75 Å². The van der Waals surface area contributed by atoms with Crippen LogP contribution in [0.1, 0.15) is 18.4 Å². The summed E-state index contributed by atoms with van der Waals surface area (Å²) in [6.07, 6.45) is 0.398. The quantitative estimate of drug-likeness (QED) is 0.496. The zero-order chi connectivity index (χ0) is 14.5. The Bertz CT molecular complexity index is 542. The van der Waals surface area contributed by atoms with E-state index in [1.165, 1.54) is 0 Å². The van der Waals surface area contributed by atoms with Crippen molar-refractivity contribution < 1.29 is 18.3 Å². The highest BCUT2D eigenvalue weighted by molar-refractivity contribution is 7.91. The van der Waals surface area contributed by atoms with Crippen LogP contribution in [0.4, 0.5) is 0 Å². The van der Waals surface area contributed by atoms with E-state index in [-0.39, 0.29) is 18.6 Å². The number of nitrogens with two attached hydrogens (primary N) is 1. The third kappa shape index (κ3) is 4.30. The lowest BCUT2D eigenvalue weighted by Crippen LogP contribution is -2.41. The number of carboxylic acid groups (broad SMARTS) is 1. The molecular formula is C12H18N2O4S. The Balaban J connectivity index is 2.67. The monoisotopic (exact) mass is 286 g/mol. The predicted molar refractivity (Wildman–Crippen MR) is 71.2 cm³/mol. The van der Waals surface area contributed by atoms with Gasteiger partial charge < -0.3 is 5.11 Å². The van der Waals surface area contributed by atoms with Crippen molar-refractivity contribution in [1.82, 2.24) is 5.43 Å². The summed E-state index contributed by atoms with van der Waals surface area (Å²) in [4.78, 5) is 11.0. The summed E-state index contributed by atoms with van der Waals surface area (Å²) in [6, 6.07) is 5.80. The first kappa shape index (κ1) is 15.6. The van der Waals surface area contributed by atoms with E-state index in [0.29, 0.717) is 10.5 Å². The first-order valence-electron chi connectivity index (χ1n) is 5.86. The molecule has 0 saturated carbocycles. The molecule has 4 N–H and O–H groups in total. The molecule has 0 aliphatic rings. The molecule has 0 heterocycles. The van der Waals surface area contributed by atoms with E-state index < -0.39 is 21.8 Å². The first-order valence-corrected chi connectivity index (χ1v) is 7.51. The number of carboxylic acids is 1. The van der Waals surface area contributed by atoms with Gasteiger partial charge in [-0.25, -0.2) is 13.8 Å². The van der Waals surface area contributed by atoms with E-state index in [2.05, 4.69) is 5.43 Å². The zero-order valence-corrected chi connectivity index (χ0v) is 11.5. The van der Waals surface area contributed by atoms with Crippen LogP contribution in [-0.2, 0) is 14.6 Å². The largest absolute Gasteiger partial charge is 0.480 e. The summed E-state index contributed by atoms with van der Waals surface area (Å²) >= 11 is 0. The Morgan fingerprint density at radius 1 is 1.42 bits per heavy atom. The van der Waals surface area contributed by atoms with Gasteiger partial charge in [0.25, 0.3) is 0 Å². The summed E-state index contributed by atoms with van der Waals surface area (Å²) in [5, 5.41) is 8.77. The van der Waals surface area contributed by atoms with Gasteiger partial charge in [-0.2, -0.15) is 0 Å². The first-order chi connectivity index (χ1) is 8.88. The Labute approximate surface area is 112 Å². The minimum absolute atomic E-state index is 0.0939. The SMILES string of the molecule is Cc1ccccc1S(=O)(=O)CCCC(NN)C(=O)O. The van der Waals surface area contributed by atoms with E-state index in [1.54, 1.807) is 31.2 Å².